The Bertz CT molecular complexity index is 458. The summed E-state index contributed by atoms with van der Waals surface area (Å²) in [5.41, 5.74) is 3.71. The average molecular weight is 222 g/mol. The molecule has 0 fully saturated rings. The van der Waals surface area contributed by atoms with Gasteiger partial charge in [-0.05, 0) is 5.21 Å². The molecule has 2 heterocycles. The third-order valence-corrected chi connectivity index (χ3v) is 2.35. The highest BCUT2D eigenvalue weighted by molar-refractivity contribution is 5.06. The normalized spacial score (nSPS) is 12.9. The van der Waals surface area contributed by atoms with Crippen LogP contribution in [-0.4, -0.2) is 29.8 Å². The van der Waals surface area contributed by atoms with Crippen molar-refractivity contribution in [1.82, 2.24) is 35.2 Å². The lowest BCUT2D eigenvalue weighted by Gasteiger charge is -2.13. The smallest absolute Gasteiger partial charge is 0.176 e. The molecule has 0 radical (unpaired) electrons. The summed E-state index contributed by atoms with van der Waals surface area (Å²) in [5, 5.41) is 11.8. The van der Waals surface area contributed by atoms with Crippen molar-refractivity contribution in [2.45, 2.75) is 12.5 Å². The molecule has 1 unspecified atom stereocenters. The Hall–Kier alpha value is -1.80. The van der Waals surface area contributed by atoms with Gasteiger partial charge in [-0.15, -0.1) is 10.2 Å². The predicted octanol–water partition coefficient (Wildman–Crippen LogP) is -1.31. The van der Waals surface area contributed by atoms with E-state index >= 15 is 0 Å². The zero-order chi connectivity index (χ0) is 11.5. The van der Waals surface area contributed by atoms with Crippen molar-refractivity contribution in [3.8, 4) is 0 Å². The number of rotatable bonds is 4. The standard InChI is InChI=1S/C8H14N8/c1-15-5-10-4-7(15)6(11-9)3-8-12-14-16(2)13-8/h4-6,11H,3,9H2,1-2H3. The van der Waals surface area contributed by atoms with E-state index in [1.807, 2.05) is 11.6 Å². The molecule has 2 aromatic rings. The highest BCUT2D eigenvalue weighted by atomic mass is 15.6. The fourth-order valence-corrected chi connectivity index (χ4v) is 1.54. The summed E-state index contributed by atoms with van der Waals surface area (Å²) in [4.78, 5) is 5.47. The minimum atomic E-state index is -0.0725. The zero-order valence-electron chi connectivity index (χ0n) is 9.20. The largest absolute Gasteiger partial charge is 0.336 e. The first-order valence-electron chi connectivity index (χ1n) is 4.86. The van der Waals surface area contributed by atoms with Crippen LogP contribution in [0.5, 0.6) is 0 Å². The van der Waals surface area contributed by atoms with Crippen molar-refractivity contribution in [2.75, 3.05) is 0 Å². The van der Waals surface area contributed by atoms with Gasteiger partial charge in [0.2, 0.25) is 0 Å². The minimum absolute atomic E-state index is 0.0725. The average Bonchev–Trinajstić information content (AvgIpc) is 2.84. The van der Waals surface area contributed by atoms with Gasteiger partial charge in [-0.25, -0.2) is 4.98 Å². The Morgan fingerprint density at radius 3 is 2.81 bits per heavy atom. The van der Waals surface area contributed by atoms with Crippen LogP contribution in [0.25, 0.3) is 0 Å². The lowest BCUT2D eigenvalue weighted by Crippen LogP contribution is -2.31. The lowest BCUT2D eigenvalue weighted by atomic mass is 10.1. The lowest BCUT2D eigenvalue weighted by molar-refractivity contribution is 0.509. The van der Waals surface area contributed by atoms with Crippen LogP contribution in [0, 0.1) is 0 Å². The molecule has 0 aliphatic heterocycles. The minimum Gasteiger partial charge on any atom is -0.336 e. The van der Waals surface area contributed by atoms with E-state index in [1.165, 1.54) is 4.80 Å². The number of aromatic nitrogens is 6. The van der Waals surface area contributed by atoms with Gasteiger partial charge in [0.05, 0.1) is 25.1 Å². The molecule has 86 valence electrons. The Labute approximate surface area is 92.4 Å². The van der Waals surface area contributed by atoms with Crippen molar-refractivity contribution in [3.05, 3.63) is 24.0 Å². The van der Waals surface area contributed by atoms with Gasteiger partial charge in [-0.3, -0.25) is 11.3 Å². The third kappa shape index (κ3) is 2.07. The van der Waals surface area contributed by atoms with Gasteiger partial charge in [0.1, 0.15) is 0 Å². The number of nitrogens with one attached hydrogen (secondary N) is 1. The summed E-state index contributed by atoms with van der Waals surface area (Å²) in [6, 6.07) is -0.0725. The van der Waals surface area contributed by atoms with Crippen LogP contribution < -0.4 is 11.3 Å². The van der Waals surface area contributed by atoms with Crippen LogP contribution in [0.2, 0.25) is 0 Å². The quantitative estimate of drug-likeness (QED) is 0.492. The van der Waals surface area contributed by atoms with Gasteiger partial charge < -0.3 is 4.57 Å². The summed E-state index contributed by atoms with van der Waals surface area (Å²) in [6.07, 6.45) is 4.06. The first-order valence-corrected chi connectivity index (χ1v) is 4.86. The fraction of sp³-hybridized carbons (Fsp3) is 0.500. The highest BCUT2D eigenvalue weighted by Crippen LogP contribution is 2.13. The maximum absolute atomic E-state index is 5.51. The molecule has 0 saturated carbocycles. The van der Waals surface area contributed by atoms with Crippen LogP contribution >= 0.6 is 0 Å². The van der Waals surface area contributed by atoms with E-state index in [0.717, 1.165) is 5.69 Å². The molecule has 0 aromatic carbocycles. The van der Waals surface area contributed by atoms with Crippen LogP contribution in [0.15, 0.2) is 12.5 Å². The molecule has 0 amide bonds. The molecular weight excluding hydrogens is 208 g/mol. The molecule has 16 heavy (non-hydrogen) atoms. The number of hydrogen-bond donors (Lipinski definition) is 2. The van der Waals surface area contributed by atoms with Gasteiger partial charge in [0.15, 0.2) is 5.82 Å². The maximum Gasteiger partial charge on any atom is 0.176 e. The van der Waals surface area contributed by atoms with Crippen molar-refractivity contribution >= 4 is 0 Å². The van der Waals surface area contributed by atoms with Crippen LogP contribution in [0.1, 0.15) is 17.6 Å². The van der Waals surface area contributed by atoms with E-state index in [-0.39, 0.29) is 6.04 Å². The van der Waals surface area contributed by atoms with E-state index < -0.39 is 0 Å². The van der Waals surface area contributed by atoms with Crippen molar-refractivity contribution in [2.24, 2.45) is 19.9 Å². The number of nitrogens with two attached hydrogens (primary N) is 1. The number of hydrogen-bond acceptors (Lipinski definition) is 6. The van der Waals surface area contributed by atoms with Gasteiger partial charge in [0, 0.05) is 19.7 Å². The molecule has 0 bridgehead atoms. The second-order valence-electron chi connectivity index (χ2n) is 3.55. The second-order valence-corrected chi connectivity index (χ2v) is 3.55. The fourth-order valence-electron chi connectivity index (χ4n) is 1.54. The first kappa shape index (κ1) is 10.7. The monoisotopic (exact) mass is 222 g/mol. The topological polar surface area (TPSA) is 99.5 Å². The van der Waals surface area contributed by atoms with Crippen molar-refractivity contribution in [1.29, 1.82) is 0 Å². The molecule has 8 heteroatoms. The molecule has 0 saturated heterocycles. The van der Waals surface area contributed by atoms with Crippen molar-refractivity contribution < 1.29 is 0 Å². The SMILES string of the molecule is Cn1nnc(CC(NN)c2cncn2C)n1. The molecule has 2 rings (SSSR count). The van der Waals surface area contributed by atoms with E-state index in [2.05, 4.69) is 25.8 Å². The number of hydrazine groups is 1. The molecular formula is C8H14N8. The van der Waals surface area contributed by atoms with Crippen LogP contribution in [0.4, 0.5) is 0 Å². The van der Waals surface area contributed by atoms with Crippen molar-refractivity contribution in [3.63, 3.8) is 0 Å². The predicted molar refractivity (Wildman–Crippen MR) is 55.8 cm³/mol. The summed E-state index contributed by atoms with van der Waals surface area (Å²) in [5.74, 6) is 6.16. The summed E-state index contributed by atoms with van der Waals surface area (Å²) in [6.45, 7) is 0. The maximum atomic E-state index is 5.51. The molecule has 1 atom stereocenters. The van der Waals surface area contributed by atoms with E-state index in [9.17, 15) is 0 Å². The number of nitrogens with zero attached hydrogens (tertiary/aromatic N) is 6. The Morgan fingerprint density at radius 1 is 1.50 bits per heavy atom. The van der Waals surface area contributed by atoms with Crippen LogP contribution in [0.3, 0.4) is 0 Å². The molecule has 0 aliphatic rings. The summed E-state index contributed by atoms with van der Waals surface area (Å²) in [7, 11) is 3.64. The number of aryl methyl sites for hydroxylation is 2. The first-order chi connectivity index (χ1) is 7.70. The van der Waals surface area contributed by atoms with E-state index in [4.69, 9.17) is 5.84 Å². The number of imidazole rings is 1. The Balaban J connectivity index is 2.15. The molecule has 8 nitrogen and oxygen atoms in total. The van der Waals surface area contributed by atoms with Crippen LogP contribution in [-0.2, 0) is 20.5 Å². The number of tetrazole rings is 1. The zero-order valence-corrected chi connectivity index (χ0v) is 9.20. The van der Waals surface area contributed by atoms with E-state index in [0.29, 0.717) is 12.2 Å². The molecule has 2 aromatic heterocycles. The third-order valence-electron chi connectivity index (χ3n) is 2.35. The summed E-state index contributed by atoms with van der Waals surface area (Å²) < 4.78 is 1.90. The molecule has 0 aliphatic carbocycles. The molecule has 3 N–H and O–H groups in total. The van der Waals surface area contributed by atoms with E-state index in [1.54, 1.807) is 19.6 Å². The van der Waals surface area contributed by atoms with Gasteiger partial charge in [-0.2, -0.15) is 4.80 Å². The second kappa shape index (κ2) is 4.37. The van der Waals surface area contributed by atoms with Gasteiger partial charge >= 0.3 is 0 Å². The Kier molecular flexibility index (Phi) is 2.93. The molecule has 0 spiro atoms. The Morgan fingerprint density at radius 2 is 2.31 bits per heavy atom. The highest BCUT2D eigenvalue weighted by Gasteiger charge is 2.16. The summed E-state index contributed by atoms with van der Waals surface area (Å²) >= 11 is 0. The van der Waals surface area contributed by atoms with Gasteiger partial charge in [0.25, 0.3) is 0 Å². The van der Waals surface area contributed by atoms with Gasteiger partial charge in [-0.1, -0.05) is 0 Å².